The van der Waals surface area contributed by atoms with Crippen LogP contribution in [0.15, 0.2) is 63.7 Å². The Morgan fingerprint density at radius 2 is 1.30 bits per heavy atom. The number of halogens is 8. The summed E-state index contributed by atoms with van der Waals surface area (Å²) in [5.74, 6) is -8.73. The standard InChI is InChI=1S/2C18H10BrF3N2O2S/c1-7-13(8-3-2-4-9(19)16(8)24(7)6-12(25)26)18-23-15-14(22)10(20)5-11(21)17(15)27-18;19-10-3-1-2-9-8(6-24(17(9)10)7-14(25)26)4-13-23-16-15(22)11(20)5-12(21)18(16)27-13/h2-5H,6H2,1H3,(H,25,26);1-3,5-6H,4,7H2,(H,25,26). The molecule has 0 aliphatic rings. The molecule has 0 saturated heterocycles. The van der Waals surface area contributed by atoms with Crippen LogP contribution >= 0.6 is 54.5 Å². The van der Waals surface area contributed by atoms with E-state index in [0.29, 0.717) is 49.3 Å². The van der Waals surface area contributed by atoms with Crippen LogP contribution in [0.2, 0.25) is 0 Å². The zero-order valence-corrected chi connectivity index (χ0v) is 32.0. The van der Waals surface area contributed by atoms with Crippen molar-refractivity contribution in [3.63, 3.8) is 0 Å². The Labute approximate surface area is 324 Å². The number of carboxylic acid groups (broad SMARTS) is 2. The van der Waals surface area contributed by atoms with Crippen molar-refractivity contribution in [2.75, 3.05) is 0 Å². The van der Waals surface area contributed by atoms with Gasteiger partial charge >= 0.3 is 11.9 Å². The minimum Gasteiger partial charge on any atom is -0.480 e. The van der Waals surface area contributed by atoms with Gasteiger partial charge < -0.3 is 19.3 Å². The van der Waals surface area contributed by atoms with E-state index >= 15 is 0 Å². The van der Waals surface area contributed by atoms with Gasteiger partial charge in [-0.15, -0.1) is 22.7 Å². The minimum atomic E-state index is -1.30. The van der Waals surface area contributed by atoms with Gasteiger partial charge in [-0.05, 0) is 56.5 Å². The van der Waals surface area contributed by atoms with E-state index in [1.807, 2.05) is 12.1 Å². The van der Waals surface area contributed by atoms with Crippen molar-refractivity contribution < 1.29 is 46.1 Å². The van der Waals surface area contributed by atoms with Gasteiger partial charge in [0.25, 0.3) is 0 Å². The summed E-state index contributed by atoms with van der Waals surface area (Å²) in [5, 5.41) is 20.6. The molecule has 4 heterocycles. The van der Waals surface area contributed by atoms with Crippen LogP contribution < -0.4 is 0 Å². The molecule has 276 valence electrons. The molecule has 2 N–H and O–H groups in total. The van der Waals surface area contributed by atoms with Crippen LogP contribution in [0.4, 0.5) is 26.3 Å². The van der Waals surface area contributed by atoms with Crippen molar-refractivity contribution in [2.45, 2.75) is 26.4 Å². The molecular formula is C36H20Br2F6N4O4S2. The maximum atomic E-state index is 14.1. The molecule has 4 aromatic carbocycles. The number of hydrogen-bond donors (Lipinski definition) is 2. The molecule has 0 bridgehead atoms. The predicted octanol–water partition coefficient (Wildman–Crippen LogP) is 10.6. The highest BCUT2D eigenvalue weighted by Gasteiger charge is 2.25. The first-order chi connectivity index (χ1) is 25.6. The zero-order chi connectivity index (χ0) is 38.7. The Bertz CT molecular complexity index is 2850. The van der Waals surface area contributed by atoms with E-state index in [0.717, 1.165) is 38.1 Å². The van der Waals surface area contributed by atoms with E-state index < -0.39 is 46.8 Å². The van der Waals surface area contributed by atoms with E-state index in [1.54, 1.807) is 46.5 Å². The van der Waals surface area contributed by atoms with Crippen molar-refractivity contribution in [2.24, 2.45) is 0 Å². The fourth-order valence-electron chi connectivity index (χ4n) is 6.25. The highest BCUT2D eigenvalue weighted by atomic mass is 79.9. The fourth-order valence-corrected chi connectivity index (χ4v) is 9.49. The molecule has 0 unspecified atom stereocenters. The van der Waals surface area contributed by atoms with Crippen molar-refractivity contribution in [1.29, 1.82) is 0 Å². The summed E-state index contributed by atoms with van der Waals surface area (Å²) in [6.07, 6.45) is 1.92. The molecule has 0 spiro atoms. The van der Waals surface area contributed by atoms with Gasteiger partial charge in [0.15, 0.2) is 23.3 Å². The third-order valence-corrected chi connectivity index (χ3v) is 11.9. The van der Waals surface area contributed by atoms with E-state index in [-0.39, 0.29) is 45.0 Å². The molecule has 54 heavy (non-hydrogen) atoms. The summed E-state index contributed by atoms with van der Waals surface area (Å²) in [7, 11) is 0. The average molecular weight is 911 g/mol. The summed E-state index contributed by atoms with van der Waals surface area (Å²) in [6.45, 7) is 1.20. The Morgan fingerprint density at radius 3 is 1.91 bits per heavy atom. The van der Waals surface area contributed by atoms with Crippen molar-refractivity contribution >= 4 is 109 Å². The molecule has 0 amide bonds. The first-order valence-electron chi connectivity index (χ1n) is 15.5. The lowest BCUT2D eigenvalue weighted by molar-refractivity contribution is -0.138. The Kier molecular flexibility index (Phi) is 10.1. The van der Waals surface area contributed by atoms with Gasteiger partial charge in [0.05, 0.1) is 25.4 Å². The van der Waals surface area contributed by atoms with E-state index in [1.165, 1.54) is 0 Å². The normalized spacial score (nSPS) is 11.6. The number of carboxylic acids is 2. The average Bonchev–Trinajstić information content (AvgIpc) is 3.87. The molecule has 8 rings (SSSR count). The van der Waals surface area contributed by atoms with Crippen LogP contribution in [0.3, 0.4) is 0 Å². The third-order valence-electron chi connectivity index (χ3n) is 8.45. The number of thiazole rings is 2. The molecule has 0 aliphatic carbocycles. The van der Waals surface area contributed by atoms with Gasteiger partial charge in [0.1, 0.15) is 40.8 Å². The molecule has 0 aliphatic heterocycles. The molecule has 4 aromatic heterocycles. The maximum Gasteiger partial charge on any atom is 0.323 e. The number of benzene rings is 4. The van der Waals surface area contributed by atoms with Crippen LogP contribution in [-0.4, -0.2) is 41.3 Å². The lowest BCUT2D eigenvalue weighted by atomic mass is 10.1. The highest BCUT2D eigenvalue weighted by molar-refractivity contribution is 9.11. The molecular weight excluding hydrogens is 890 g/mol. The number of carbonyl (C=O) groups is 2. The Morgan fingerprint density at radius 1 is 0.741 bits per heavy atom. The smallest absolute Gasteiger partial charge is 0.323 e. The zero-order valence-electron chi connectivity index (χ0n) is 27.2. The Balaban J connectivity index is 0.000000167. The molecule has 0 saturated carbocycles. The van der Waals surface area contributed by atoms with Crippen LogP contribution in [0.1, 0.15) is 16.3 Å². The number of aliphatic carboxylic acids is 2. The predicted molar refractivity (Wildman–Crippen MR) is 200 cm³/mol. The number of rotatable bonds is 7. The SMILES string of the molecule is Cc1c(-c2nc3c(F)c(F)cc(F)c3s2)c2cccc(Br)c2n1CC(=O)O.O=C(O)Cn1cc(Cc2nc3c(F)c(F)cc(F)c3s2)c2cccc(Br)c21. The third kappa shape index (κ3) is 6.64. The number of hydrogen-bond acceptors (Lipinski definition) is 6. The lowest BCUT2D eigenvalue weighted by Crippen LogP contribution is -2.10. The van der Waals surface area contributed by atoms with E-state index in [9.17, 15) is 41.0 Å². The fraction of sp³-hybridized carbons (Fsp3) is 0.111. The number of para-hydroxylation sites is 2. The van der Waals surface area contributed by atoms with Crippen LogP contribution in [0, 0.1) is 41.8 Å². The molecule has 8 aromatic rings. The maximum absolute atomic E-state index is 14.1. The summed E-state index contributed by atoms with van der Waals surface area (Å²) in [4.78, 5) is 30.6. The first kappa shape index (κ1) is 37.5. The second-order valence-electron chi connectivity index (χ2n) is 11.9. The van der Waals surface area contributed by atoms with Crippen LogP contribution in [0.25, 0.3) is 52.8 Å². The molecule has 0 fully saturated rings. The van der Waals surface area contributed by atoms with Gasteiger partial charge in [-0.3, -0.25) is 9.59 Å². The monoisotopic (exact) mass is 908 g/mol. The molecule has 18 heteroatoms. The minimum absolute atomic E-state index is 0.0423. The quantitative estimate of drug-likeness (QED) is 0.122. The van der Waals surface area contributed by atoms with Crippen LogP contribution in [-0.2, 0) is 29.1 Å². The topological polar surface area (TPSA) is 110 Å². The van der Waals surface area contributed by atoms with Crippen LogP contribution in [0.5, 0.6) is 0 Å². The highest BCUT2D eigenvalue weighted by Crippen LogP contribution is 2.42. The molecule has 0 atom stereocenters. The second kappa shape index (κ2) is 14.5. The summed E-state index contributed by atoms with van der Waals surface area (Å²) < 4.78 is 87.4. The summed E-state index contributed by atoms with van der Waals surface area (Å²) >= 11 is 8.69. The van der Waals surface area contributed by atoms with E-state index in [4.69, 9.17) is 5.11 Å². The number of nitrogens with zero attached hydrogens (tertiary/aromatic N) is 4. The van der Waals surface area contributed by atoms with Gasteiger partial charge in [-0.25, -0.2) is 36.3 Å². The van der Waals surface area contributed by atoms with Gasteiger partial charge in [-0.1, -0.05) is 24.3 Å². The van der Waals surface area contributed by atoms with Crippen molar-refractivity contribution in [3.8, 4) is 10.6 Å². The second-order valence-corrected chi connectivity index (χ2v) is 15.6. The first-order valence-corrected chi connectivity index (χ1v) is 18.7. The van der Waals surface area contributed by atoms with Crippen molar-refractivity contribution in [3.05, 3.63) is 115 Å². The van der Waals surface area contributed by atoms with E-state index in [2.05, 4.69) is 41.8 Å². The largest absolute Gasteiger partial charge is 0.480 e. The lowest BCUT2D eigenvalue weighted by Gasteiger charge is -2.05. The van der Waals surface area contributed by atoms with Gasteiger partial charge in [0.2, 0.25) is 0 Å². The summed E-state index contributed by atoms with van der Waals surface area (Å²) in [5.41, 5.74) is 2.54. The summed E-state index contributed by atoms with van der Waals surface area (Å²) in [6, 6.07) is 11.8. The van der Waals surface area contributed by atoms with Crippen molar-refractivity contribution in [1.82, 2.24) is 19.1 Å². The Hall–Kier alpha value is -4.78. The molecule has 8 nitrogen and oxygen atoms in total. The number of aromatic nitrogens is 4. The van der Waals surface area contributed by atoms with Gasteiger partial charge in [0, 0.05) is 55.7 Å². The van der Waals surface area contributed by atoms with Gasteiger partial charge in [-0.2, -0.15) is 0 Å². The number of fused-ring (bicyclic) bond motifs is 4. The molecule has 0 radical (unpaired) electrons.